The highest BCUT2D eigenvalue weighted by atomic mass is 32.1. The number of benzene rings is 1. The minimum atomic E-state index is -0.274. The highest BCUT2D eigenvalue weighted by molar-refractivity contribution is 7.11. The van der Waals surface area contributed by atoms with Crippen molar-refractivity contribution in [1.82, 2.24) is 10.3 Å². The molecule has 0 unspecified atom stereocenters. The Morgan fingerprint density at radius 3 is 2.80 bits per heavy atom. The van der Waals surface area contributed by atoms with Crippen molar-refractivity contribution in [2.24, 2.45) is 0 Å². The van der Waals surface area contributed by atoms with Gasteiger partial charge in [-0.1, -0.05) is 13.8 Å². The molecule has 20 heavy (non-hydrogen) atoms. The maximum absolute atomic E-state index is 13.6. The van der Waals surface area contributed by atoms with E-state index in [0.29, 0.717) is 24.9 Å². The zero-order valence-electron chi connectivity index (χ0n) is 11.9. The molecule has 1 heterocycles. The van der Waals surface area contributed by atoms with E-state index in [9.17, 15) is 4.39 Å². The van der Waals surface area contributed by atoms with E-state index in [0.717, 1.165) is 15.4 Å². The second kappa shape index (κ2) is 6.81. The Labute approximate surface area is 122 Å². The van der Waals surface area contributed by atoms with E-state index in [-0.39, 0.29) is 5.82 Å². The van der Waals surface area contributed by atoms with E-state index >= 15 is 0 Å². The number of hydrogen-bond acceptors (Lipinski definition) is 4. The number of aromatic nitrogens is 1. The van der Waals surface area contributed by atoms with E-state index < -0.39 is 0 Å². The zero-order valence-corrected chi connectivity index (χ0v) is 12.8. The van der Waals surface area contributed by atoms with Crippen LogP contribution in [0.3, 0.4) is 0 Å². The lowest BCUT2D eigenvalue weighted by molar-refractivity contribution is 0.307. The van der Waals surface area contributed by atoms with Gasteiger partial charge >= 0.3 is 0 Å². The van der Waals surface area contributed by atoms with Gasteiger partial charge in [-0.3, -0.25) is 0 Å². The van der Waals surface area contributed by atoms with Gasteiger partial charge in [-0.2, -0.15) is 0 Å². The second-order valence-electron chi connectivity index (χ2n) is 4.97. The zero-order chi connectivity index (χ0) is 14.5. The Kier molecular flexibility index (Phi) is 5.09. The van der Waals surface area contributed by atoms with E-state index in [4.69, 9.17) is 4.74 Å². The minimum Gasteiger partial charge on any atom is -0.488 e. The molecule has 0 aliphatic heterocycles. The smallest absolute Gasteiger partial charge is 0.127 e. The Bertz CT molecular complexity index is 569. The van der Waals surface area contributed by atoms with Crippen molar-refractivity contribution in [3.63, 3.8) is 0 Å². The highest BCUT2D eigenvalue weighted by Crippen LogP contribution is 2.19. The molecule has 1 aromatic carbocycles. The van der Waals surface area contributed by atoms with Crippen LogP contribution in [0, 0.1) is 12.7 Å². The van der Waals surface area contributed by atoms with Gasteiger partial charge in [0.2, 0.25) is 0 Å². The van der Waals surface area contributed by atoms with Crippen molar-refractivity contribution in [1.29, 1.82) is 0 Å². The Morgan fingerprint density at radius 2 is 2.15 bits per heavy atom. The monoisotopic (exact) mass is 294 g/mol. The molecule has 0 saturated heterocycles. The topological polar surface area (TPSA) is 34.1 Å². The van der Waals surface area contributed by atoms with Gasteiger partial charge in [0.15, 0.2) is 0 Å². The van der Waals surface area contributed by atoms with E-state index in [2.05, 4.69) is 24.1 Å². The molecule has 0 fully saturated rings. The summed E-state index contributed by atoms with van der Waals surface area (Å²) in [6, 6.07) is 5.17. The fraction of sp³-hybridized carbons (Fsp3) is 0.400. The Balaban J connectivity index is 2.00. The average Bonchev–Trinajstić information content (AvgIpc) is 2.79. The highest BCUT2D eigenvalue weighted by Gasteiger charge is 2.05. The quantitative estimate of drug-likeness (QED) is 0.882. The molecular formula is C15H19FN2OS. The molecule has 0 bridgehead atoms. The summed E-state index contributed by atoms with van der Waals surface area (Å²) in [6.07, 6.45) is 1.79. The SMILES string of the molecule is Cc1ncc(COc2cc(F)cc(CNC(C)C)c2)s1. The maximum atomic E-state index is 13.6. The summed E-state index contributed by atoms with van der Waals surface area (Å²) < 4.78 is 19.2. The lowest BCUT2D eigenvalue weighted by Crippen LogP contribution is -2.21. The fourth-order valence-electron chi connectivity index (χ4n) is 1.75. The van der Waals surface area contributed by atoms with Crippen LogP contribution in [0.4, 0.5) is 4.39 Å². The normalized spacial score (nSPS) is 11.1. The molecule has 0 aliphatic carbocycles. The molecule has 0 spiro atoms. The number of nitrogens with one attached hydrogen (secondary N) is 1. The number of aryl methyl sites for hydroxylation is 1. The third-order valence-electron chi connectivity index (χ3n) is 2.70. The van der Waals surface area contributed by atoms with Gasteiger partial charge in [0.1, 0.15) is 18.2 Å². The third-order valence-corrected chi connectivity index (χ3v) is 3.58. The third kappa shape index (κ3) is 4.58. The summed E-state index contributed by atoms with van der Waals surface area (Å²) in [5, 5.41) is 4.27. The first-order valence-corrected chi connectivity index (χ1v) is 7.41. The first kappa shape index (κ1) is 14.9. The van der Waals surface area contributed by atoms with Gasteiger partial charge < -0.3 is 10.1 Å². The first-order chi connectivity index (χ1) is 9.52. The Morgan fingerprint density at radius 1 is 1.35 bits per heavy atom. The van der Waals surface area contributed by atoms with Gasteiger partial charge in [-0.25, -0.2) is 9.37 Å². The lowest BCUT2D eigenvalue weighted by atomic mass is 10.2. The van der Waals surface area contributed by atoms with E-state index in [1.165, 1.54) is 12.1 Å². The van der Waals surface area contributed by atoms with Crippen molar-refractivity contribution >= 4 is 11.3 Å². The molecule has 0 atom stereocenters. The number of rotatable bonds is 6. The summed E-state index contributed by atoms with van der Waals surface area (Å²) in [7, 11) is 0. The lowest BCUT2D eigenvalue weighted by Gasteiger charge is -2.10. The van der Waals surface area contributed by atoms with Gasteiger partial charge in [0.25, 0.3) is 0 Å². The Hall–Kier alpha value is -1.46. The number of hydrogen-bond donors (Lipinski definition) is 1. The molecule has 1 aromatic heterocycles. The average molecular weight is 294 g/mol. The van der Waals surface area contributed by atoms with Crippen LogP contribution in [0.2, 0.25) is 0 Å². The summed E-state index contributed by atoms with van der Waals surface area (Å²) in [5.74, 6) is 0.278. The molecule has 108 valence electrons. The molecule has 3 nitrogen and oxygen atoms in total. The number of nitrogens with zero attached hydrogens (tertiary/aromatic N) is 1. The summed E-state index contributed by atoms with van der Waals surface area (Å²) in [5.41, 5.74) is 0.884. The van der Waals surface area contributed by atoms with Crippen LogP contribution in [-0.2, 0) is 13.2 Å². The first-order valence-electron chi connectivity index (χ1n) is 6.60. The van der Waals surface area contributed by atoms with Gasteiger partial charge in [0.05, 0.1) is 9.88 Å². The van der Waals surface area contributed by atoms with Crippen LogP contribution in [0.5, 0.6) is 5.75 Å². The molecule has 1 N–H and O–H groups in total. The summed E-state index contributed by atoms with van der Waals surface area (Å²) in [4.78, 5) is 5.20. The molecule has 0 amide bonds. The van der Waals surface area contributed by atoms with Crippen molar-refractivity contribution in [2.75, 3.05) is 0 Å². The second-order valence-corrected chi connectivity index (χ2v) is 6.28. The molecule has 2 aromatic rings. The predicted octanol–water partition coefficient (Wildman–Crippen LogP) is 3.67. The van der Waals surface area contributed by atoms with Crippen molar-refractivity contribution in [3.8, 4) is 5.75 Å². The van der Waals surface area contributed by atoms with Gasteiger partial charge in [-0.15, -0.1) is 11.3 Å². The van der Waals surface area contributed by atoms with Crippen LogP contribution in [0.1, 0.15) is 29.3 Å². The number of halogens is 1. The van der Waals surface area contributed by atoms with Crippen LogP contribution in [0.15, 0.2) is 24.4 Å². The minimum absolute atomic E-state index is 0.274. The molecule has 0 saturated carbocycles. The van der Waals surface area contributed by atoms with Crippen molar-refractivity contribution < 1.29 is 9.13 Å². The standard InChI is InChI=1S/C15H19FN2OS/c1-10(2)17-7-12-4-13(16)6-14(5-12)19-9-15-8-18-11(3)20-15/h4-6,8,10,17H,7,9H2,1-3H3. The fourth-order valence-corrected chi connectivity index (χ4v) is 2.46. The number of thiazole rings is 1. The van der Waals surface area contributed by atoms with E-state index in [1.54, 1.807) is 17.5 Å². The summed E-state index contributed by atoms with van der Waals surface area (Å²) >= 11 is 1.59. The number of ether oxygens (including phenoxy) is 1. The van der Waals surface area contributed by atoms with Gasteiger partial charge in [0, 0.05) is 24.8 Å². The largest absolute Gasteiger partial charge is 0.488 e. The van der Waals surface area contributed by atoms with Crippen LogP contribution >= 0.6 is 11.3 Å². The molecule has 0 radical (unpaired) electrons. The van der Waals surface area contributed by atoms with Crippen LogP contribution in [-0.4, -0.2) is 11.0 Å². The maximum Gasteiger partial charge on any atom is 0.127 e. The van der Waals surface area contributed by atoms with Crippen molar-refractivity contribution in [3.05, 3.63) is 45.7 Å². The molecule has 2 rings (SSSR count). The summed E-state index contributed by atoms with van der Waals surface area (Å²) in [6.45, 7) is 7.12. The molecule has 5 heteroatoms. The van der Waals surface area contributed by atoms with Crippen LogP contribution in [0.25, 0.3) is 0 Å². The molecular weight excluding hydrogens is 275 g/mol. The van der Waals surface area contributed by atoms with Crippen LogP contribution < -0.4 is 10.1 Å². The molecule has 0 aliphatic rings. The van der Waals surface area contributed by atoms with Crippen molar-refractivity contribution in [2.45, 2.75) is 40.0 Å². The predicted molar refractivity (Wildman–Crippen MR) is 79.6 cm³/mol. The van der Waals surface area contributed by atoms with Gasteiger partial charge in [-0.05, 0) is 24.6 Å². The van der Waals surface area contributed by atoms with E-state index in [1.807, 2.05) is 13.0 Å².